The molecule has 1 saturated heterocycles. The van der Waals surface area contributed by atoms with E-state index in [0.717, 1.165) is 24.4 Å². The standard InChI is InChI=1S/C21H27NO2/c1-15-18(16-8-6-5-7-9-16)17(14-21(2,3)4)20(23)19(15)22-10-12-24-13-11-22/h5-9,14,18H,10-13H2,1-4H3/b17-14+/t18-/m1/s1. The number of nitrogens with zero attached hydrogens (tertiary/aromatic N) is 1. The largest absolute Gasteiger partial charge is 0.378 e. The number of ketones is 1. The summed E-state index contributed by atoms with van der Waals surface area (Å²) in [6.45, 7) is 11.5. The molecular weight excluding hydrogens is 298 g/mol. The lowest BCUT2D eigenvalue weighted by Gasteiger charge is -2.29. The molecule has 0 aromatic heterocycles. The van der Waals surface area contributed by atoms with Crippen molar-refractivity contribution in [3.63, 3.8) is 0 Å². The van der Waals surface area contributed by atoms with Gasteiger partial charge in [-0.1, -0.05) is 57.2 Å². The van der Waals surface area contributed by atoms with Gasteiger partial charge in [0.15, 0.2) is 0 Å². The normalized spacial score (nSPS) is 24.2. The second-order valence-corrected chi connectivity index (χ2v) is 7.77. The van der Waals surface area contributed by atoms with Crippen molar-refractivity contribution in [1.29, 1.82) is 0 Å². The number of ether oxygens (including phenoxy) is 1. The smallest absolute Gasteiger partial charge is 0.205 e. The Morgan fingerprint density at radius 1 is 1.12 bits per heavy atom. The molecule has 128 valence electrons. The van der Waals surface area contributed by atoms with Crippen LogP contribution in [-0.4, -0.2) is 37.0 Å². The first-order valence-electron chi connectivity index (χ1n) is 8.74. The summed E-state index contributed by atoms with van der Waals surface area (Å²) in [5.41, 5.74) is 4.15. The molecule has 1 aliphatic heterocycles. The molecule has 3 rings (SSSR count). The predicted molar refractivity (Wildman–Crippen MR) is 96.8 cm³/mol. The third-order valence-corrected chi connectivity index (χ3v) is 4.64. The number of Topliss-reactive ketones (excluding diaryl/α,β-unsaturated/α-hetero) is 1. The van der Waals surface area contributed by atoms with Gasteiger partial charge in [-0.2, -0.15) is 0 Å². The Bertz CT molecular complexity index is 674. The van der Waals surface area contributed by atoms with E-state index in [4.69, 9.17) is 4.74 Å². The Balaban J connectivity index is 2.08. The minimum atomic E-state index is -0.0290. The van der Waals surface area contributed by atoms with Crippen LogP contribution < -0.4 is 0 Å². The van der Waals surface area contributed by atoms with E-state index in [9.17, 15) is 4.79 Å². The fourth-order valence-electron chi connectivity index (χ4n) is 3.69. The molecule has 0 amide bonds. The van der Waals surface area contributed by atoms with E-state index in [2.05, 4.69) is 62.9 Å². The summed E-state index contributed by atoms with van der Waals surface area (Å²) in [5.74, 6) is 0.258. The highest BCUT2D eigenvalue weighted by Gasteiger charge is 2.39. The van der Waals surface area contributed by atoms with Crippen LogP contribution in [0.5, 0.6) is 0 Å². The van der Waals surface area contributed by atoms with Crippen molar-refractivity contribution in [3.8, 4) is 0 Å². The van der Waals surface area contributed by atoms with Crippen LogP contribution >= 0.6 is 0 Å². The highest BCUT2D eigenvalue weighted by atomic mass is 16.5. The first-order chi connectivity index (χ1) is 11.4. The molecule has 0 radical (unpaired) electrons. The Labute approximate surface area is 145 Å². The quantitative estimate of drug-likeness (QED) is 0.772. The highest BCUT2D eigenvalue weighted by molar-refractivity contribution is 6.13. The summed E-state index contributed by atoms with van der Waals surface area (Å²) in [5, 5.41) is 0. The van der Waals surface area contributed by atoms with Gasteiger partial charge in [-0.05, 0) is 23.5 Å². The SMILES string of the molecule is CC1=C(N2CCOCC2)C(=O)/C(=C/C(C)(C)C)[C@H]1c1ccccc1. The van der Waals surface area contributed by atoms with Crippen molar-refractivity contribution in [2.45, 2.75) is 33.6 Å². The molecule has 0 saturated carbocycles. The zero-order valence-electron chi connectivity index (χ0n) is 15.1. The summed E-state index contributed by atoms with van der Waals surface area (Å²) in [7, 11) is 0. The topological polar surface area (TPSA) is 29.5 Å². The van der Waals surface area contributed by atoms with Crippen LogP contribution in [-0.2, 0) is 9.53 Å². The minimum absolute atomic E-state index is 0.0290. The summed E-state index contributed by atoms with van der Waals surface area (Å²) >= 11 is 0. The first-order valence-corrected chi connectivity index (χ1v) is 8.74. The van der Waals surface area contributed by atoms with E-state index in [-0.39, 0.29) is 17.1 Å². The molecule has 0 unspecified atom stereocenters. The van der Waals surface area contributed by atoms with Crippen molar-refractivity contribution < 1.29 is 9.53 Å². The monoisotopic (exact) mass is 325 g/mol. The lowest BCUT2D eigenvalue weighted by molar-refractivity contribution is -0.114. The van der Waals surface area contributed by atoms with Gasteiger partial charge in [0.2, 0.25) is 5.78 Å². The van der Waals surface area contributed by atoms with E-state index in [1.165, 1.54) is 11.1 Å². The van der Waals surface area contributed by atoms with Gasteiger partial charge in [0.05, 0.1) is 18.9 Å². The average molecular weight is 325 g/mol. The van der Waals surface area contributed by atoms with Crippen molar-refractivity contribution >= 4 is 5.78 Å². The molecule has 1 aromatic carbocycles. The fraction of sp³-hybridized carbons (Fsp3) is 0.476. The summed E-state index contributed by atoms with van der Waals surface area (Å²) in [6, 6.07) is 10.4. The van der Waals surface area contributed by atoms with Crippen molar-refractivity contribution in [1.82, 2.24) is 4.90 Å². The Morgan fingerprint density at radius 2 is 1.75 bits per heavy atom. The number of allylic oxidation sites excluding steroid dienone is 3. The number of morpholine rings is 1. The molecular formula is C21H27NO2. The van der Waals surface area contributed by atoms with Gasteiger partial charge in [-0.25, -0.2) is 0 Å². The van der Waals surface area contributed by atoms with Gasteiger partial charge in [-0.15, -0.1) is 0 Å². The summed E-state index contributed by atoms with van der Waals surface area (Å²) in [4.78, 5) is 15.5. The maximum atomic E-state index is 13.3. The van der Waals surface area contributed by atoms with Crippen molar-refractivity contribution in [3.05, 3.63) is 58.8 Å². The molecule has 1 atom stereocenters. The number of hydrogen-bond donors (Lipinski definition) is 0. The van der Waals surface area contributed by atoms with Gasteiger partial charge >= 0.3 is 0 Å². The van der Waals surface area contributed by atoms with E-state index < -0.39 is 0 Å². The van der Waals surface area contributed by atoms with Crippen molar-refractivity contribution in [2.24, 2.45) is 5.41 Å². The molecule has 1 aromatic rings. The zero-order chi connectivity index (χ0) is 17.3. The van der Waals surface area contributed by atoms with Crippen LogP contribution in [0, 0.1) is 5.41 Å². The molecule has 2 aliphatic rings. The first kappa shape index (κ1) is 17.0. The van der Waals surface area contributed by atoms with E-state index >= 15 is 0 Å². The molecule has 0 N–H and O–H groups in total. The molecule has 24 heavy (non-hydrogen) atoms. The van der Waals surface area contributed by atoms with Gasteiger partial charge in [0.25, 0.3) is 0 Å². The summed E-state index contributed by atoms with van der Waals surface area (Å²) in [6.07, 6.45) is 2.16. The number of carbonyl (C=O) groups is 1. The average Bonchev–Trinajstić information content (AvgIpc) is 2.78. The van der Waals surface area contributed by atoms with E-state index in [0.29, 0.717) is 13.2 Å². The molecule has 1 fully saturated rings. The lowest BCUT2D eigenvalue weighted by atomic mass is 9.84. The maximum absolute atomic E-state index is 13.3. The predicted octanol–water partition coefficient (Wildman–Crippen LogP) is 3.93. The van der Waals surface area contributed by atoms with Crippen molar-refractivity contribution in [2.75, 3.05) is 26.3 Å². The number of benzene rings is 1. The number of rotatable bonds is 2. The molecule has 1 heterocycles. The minimum Gasteiger partial charge on any atom is -0.378 e. The van der Waals surface area contributed by atoms with Gasteiger partial charge in [0, 0.05) is 24.6 Å². The van der Waals surface area contributed by atoms with E-state index in [1.54, 1.807) is 0 Å². The van der Waals surface area contributed by atoms with Crippen LogP contribution in [0.25, 0.3) is 0 Å². The maximum Gasteiger partial charge on any atom is 0.205 e. The summed E-state index contributed by atoms with van der Waals surface area (Å²) < 4.78 is 5.46. The number of hydrogen-bond acceptors (Lipinski definition) is 3. The lowest BCUT2D eigenvalue weighted by Crippen LogP contribution is -2.37. The van der Waals surface area contributed by atoms with Gasteiger partial charge < -0.3 is 9.64 Å². The molecule has 0 spiro atoms. The third kappa shape index (κ3) is 3.32. The highest BCUT2D eigenvalue weighted by Crippen LogP contribution is 2.44. The van der Waals surface area contributed by atoms with Crippen LogP contribution in [0.15, 0.2) is 53.3 Å². The second-order valence-electron chi connectivity index (χ2n) is 7.77. The van der Waals surface area contributed by atoms with Crippen LogP contribution in [0.3, 0.4) is 0 Å². The Hall–Kier alpha value is -1.87. The zero-order valence-corrected chi connectivity index (χ0v) is 15.1. The van der Waals surface area contributed by atoms with Gasteiger partial charge in [0.1, 0.15) is 0 Å². The van der Waals surface area contributed by atoms with E-state index in [1.807, 2.05) is 6.07 Å². The van der Waals surface area contributed by atoms with Gasteiger partial charge in [-0.3, -0.25) is 4.79 Å². The molecule has 1 aliphatic carbocycles. The second kappa shape index (κ2) is 6.56. The third-order valence-electron chi connectivity index (χ3n) is 4.64. The Morgan fingerprint density at radius 3 is 2.33 bits per heavy atom. The molecule has 3 heteroatoms. The van der Waals surface area contributed by atoms with Crippen LogP contribution in [0.4, 0.5) is 0 Å². The number of carbonyl (C=O) groups excluding carboxylic acids is 1. The van der Waals surface area contributed by atoms with Crippen LogP contribution in [0.1, 0.15) is 39.2 Å². The molecule has 0 bridgehead atoms. The van der Waals surface area contributed by atoms with Crippen LogP contribution in [0.2, 0.25) is 0 Å². The molecule has 3 nitrogen and oxygen atoms in total. The fourth-order valence-corrected chi connectivity index (χ4v) is 3.69. The Kier molecular flexibility index (Phi) is 4.64.